The molecule has 0 unspecified atom stereocenters. The van der Waals surface area contributed by atoms with Crippen molar-refractivity contribution in [2.24, 2.45) is 5.73 Å². The number of benzene rings is 2. The number of nitrogens with zero attached hydrogens (tertiary/aromatic N) is 1. The summed E-state index contributed by atoms with van der Waals surface area (Å²) in [6, 6.07) is 15.9. The van der Waals surface area contributed by atoms with Gasteiger partial charge in [-0.25, -0.2) is 0 Å². The topological polar surface area (TPSA) is 48.0 Å². The highest BCUT2D eigenvalue weighted by Gasteiger charge is 2.07. The Hall–Kier alpha value is -2.55. The molecule has 1 aromatic heterocycles. The second-order valence-corrected chi connectivity index (χ2v) is 5.21. The van der Waals surface area contributed by atoms with E-state index in [9.17, 15) is 4.79 Å². The van der Waals surface area contributed by atoms with E-state index in [-0.39, 0.29) is 5.91 Å². The van der Waals surface area contributed by atoms with Crippen molar-refractivity contribution in [1.82, 2.24) is 4.57 Å². The van der Waals surface area contributed by atoms with E-state index in [1.165, 1.54) is 16.5 Å². The molecule has 0 aliphatic carbocycles. The average Bonchev–Trinajstić information content (AvgIpc) is 2.86. The zero-order chi connectivity index (χ0) is 14.8. The highest BCUT2D eigenvalue weighted by atomic mass is 16.1. The summed E-state index contributed by atoms with van der Waals surface area (Å²) in [5.41, 5.74) is 9.57. The van der Waals surface area contributed by atoms with Crippen molar-refractivity contribution in [3.05, 3.63) is 71.4 Å². The van der Waals surface area contributed by atoms with E-state index in [1.54, 1.807) is 12.1 Å². The third kappa shape index (κ3) is 2.55. The molecular weight excluding hydrogens is 260 g/mol. The molecule has 0 radical (unpaired) electrons. The molecule has 106 valence electrons. The summed E-state index contributed by atoms with van der Waals surface area (Å²) in [6.07, 6.45) is 3.24. The molecule has 1 heterocycles. The van der Waals surface area contributed by atoms with Crippen LogP contribution in [0.15, 0.2) is 54.7 Å². The normalized spacial score (nSPS) is 10.9. The molecule has 0 saturated carbocycles. The number of para-hydroxylation sites is 1. The lowest BCUT2D eigenvalue weighted by molar-refractivity contribution is 0.100. The van der Waals surface area contributed by atoms with Crippen LogP contribution < -0.4 is 5.73 Å². The maximum atomic E-state index is 11.1. The Bertz CT molecular complexity index is 785. The van der Waals surface area contributed by atoms with E-state index in [2.05, 4.69) is 42.0 Å². The maximum Gasteiger partial charge on any atom is 0.248 e. The van der Waals surface area contributed by atoms with Crippen LogP contribution in [0.3, 0.4) is 0 Å². The number of primary amides is 1. The van der Waals surface area contributed by atoms with Gasteiger partial charge in [0.15, 0.2) is 0 Å². The van der Waals surface area contributed by atoms with Crippen LogP contribution >= 0.6 is 0 Å². The Labute approximate surface area is 124 Å². The summed E-state index contributed by atoms with van der Waals surface area (Å²) in [5, 5.41) is 1.31. The predicted molar refractivity (Wildman–Crippen MR) is 85.4 cm³/mol. The number of carbonyl (C=O) groups is 1. The predicted octanol–water partition coefficient (Wildman–Crippen LogP) is 3.35. The third-order valence-corrected chi connectivity index (χ3v) is 3.84. The molecule has 0 spiro atoms. The van der Waals surface area contributed by atoms with Crippen molar-refractivity contribution in [2.45, 2.75) is 19.9 Å². The minimum absolute atomic E-state index is 0.388. The molecular formula is C18H18N2O. The molecule has 1 amide bonds. The monoisotopic (exact) mass is 278 g/mol. The van der Waals surface area contributed by atoms with E-state index in [4.69, 9.17) is 5.73 Å². The summed E-state index contributed by atoms with van der Waals surface area (Å²) < 4.78 is 2.26. The zero-order valence-corrected chi connectivity index (χ0v) is 12.0. The summed E-state index contributed by atoms with van der Waals surface area (Å²) in [7, 11) is 0. The maximum absolute atomic E-state index is 11.1. The Kier molecular flexibility index (Phi) is 3.48. The zero-order valence-electron chi connectivity index (χ0n) is 12.0. The minimum Gasteiger partial charge on any atom is -0.366 e. The number of rotatable bonds is 4. The fourth-order valence-corrected chi connectivity index (χ4v) is 2.71. The van der Waals surface area contributed by atoms with Crippen molar-refractivity contribution in [2.75, 3.05) is 0 Å². The number of hydrogen-bond donors (Lipinski definition) is 1. The van der Waals surface area contributed by atoms with Crippen LogP contribution in [0.4, 0.5) is 0 Å². The Morgan fingerprint density at radius 2 is 1.81 bits per heavy atom. The number of carbonyl (C=O) groups excluding carboxylic acids is 1. The minimum atomic E-state index is -0.388. The van der Waals surface area contributed by atoms with Crippen LogP contribution in [-0.4, -0.2) is 10.5 Å². The van der Waals surface area contributed by atoms with E-state index in [0.29, 0.717) is 5.56 Å². The number of fused-ring (bicyclic) bond motifs is 1. The first-order chi connectivity index (χ1) is 10.2. The van der Waals surface area contributed by atoms with Crippen LogP contribution in [0.25, 0.3) is 10.9 Å². The fraction of sp³-hybridized carbons (Fsp3) is 0.167. The average molecular weight is 278 g/mol. The third-order valence-electron chi connectivity index (χ3n) is 3.84. The molecule has 0 atom stereocenters. The summed E-state index contributed by atoms with van der Waals surface area (Å²) in [6.45, 7) is 2.97. The van der Waals surface area contributed by atoms with E-state index >= 15 is 0 Å². The van der Waals surface area contributed by atoms with Crippen LogP contribution in [-0.2, 0) is 13.0 Å². The van der Waals surface area contributed by atoms with Gasteiger partial charge in [-0.3, -0.25) is 4.79 Å². The van der Waals surface area contributed by atoms with E-state index < -0.39 is 0 Å². The second-order valence-electron chi connectivity index (χ2n) is 5.21. The summed E-state index contributed by atoms with van der Waals surface area (Å²) >= 11 is 0. The summed E-state index contributed by atoms with van der Waals surface area (Å²) in [5.74, 6) is -0.388. The molecule has 0 saturated heterocycles. The number of amides is 1. The van der Waals surface area contributed by atoms with Gasteiger partial charge in [-0.2, -0.15) is 0 Å². The Morgan fingerprint density at radius 1 is 1.10 bits per heavy atom. The van der Waals surface area contributed by atoms with Gasteiger partial charge >= 0.3 is 0 Å². The van der Waals surface area contributed by atoms with Gasteiger partial charge in [0.2, 0.25) is 5.91 Å². The first kappa shape index (κ1) is 13.4. The van der Waals surface area contributed by atoms with Crippen molar-refractivity contribution >= 4 is 16.8 Å². The van der Waals surface area contributed by atoms with Gasteiger partial charge in [0.05, 0.1) is 0 Å². The van der Waals surface area contributed by atoms with Crippen molar-refractivity contribution in [3.8, 4) is 0 Å². The van der Waals surface area contributed by atoms with Gasteiger partial charge < -0.3 is 10.3 Å². The van der Waals surface area contributed by atoms with Crippen LogP contribution in [0.5, 0.6) is 0 Å². The SMILES string of the molecule is CCc1cn(Cc2ccc(C(N)=O)cc2)c2ccccc12. The standard InChI is InChI=1S/C18H18N2O/c1-2-14-12-20(17-6-4-3-5-16(14)17)11-13-7-9-15(10-8-13)18(19)21/h3-10,12H,2,11H2,1H3,(H2,19,21). The van der Waals surface area contributed by atoms with Crippen LogP contribution in [0.1, 0.15) is 28.4 Å². The largest absolute Gasteiger partial charge is 0.366 e. The van der Waals surface area contributed by atoms with Crippen molar-refractivity contribution in [3.63, 3.8) is 0 Å². The number of aryl methyl sites for hydroxylation is 1. The molecule has 0 bridgehead atoms. The van der Waals surface area contributed by atoms with Crippen molar-refractivity contribution in [1.29, 1.82) is 0 Å². The highest BCUT2D eigenvalue weighted by Crippen LogP contribution is 2.22. The Morgan fingerprint density at radius 3 is 2.48 bits per heavy atom. The fourth-order valence-electron chi connectivity index (χ4n) is 2.71. The molecule has 21 heavy (non-hydrogen) atoms. The van der Waals surface area contributed by atoms with Crippen molar-refractivity contribution < 1.29 is 4.79 Å². The first-order valence-electron chi connectivity index (χ1n) is 7.14. The van der Waals surface area contributed by atoms with Gasteiger partial charge in [0, 0.05) is 29.2 Å². The van der Waals surface area contributed by atoms with E-state index in [0.717, 1.165) is 18.5 Å². The van der Waals surface area contributed by atoms with Gasteiger partial charge in [0.25, 0.3) is 0 Å². The first-order valence-corrected chi connectivity index (χ1v) is 7.14. The molecule has 3 heteroatoms. The molecule has 0 fully saturated rings. The van der Waals surface area contributed by atoms with Gasteiger partial charge in [-0.1, -0.05) is 37.3 Å². The number of hydrogen-bond acceptors (Lipinski definition) is 1. The number of nitrogens with two attached hydrogens (primary N) is 1. The lowest BCUT2D eigenvalue weighted by Crippen LogP contribution is -2.10. The summed E-state index contributed by atoms with van der Waals surface area (Å²) in [4.78, 5) is 11.1. The second kappa shape index (κ2) is 5.44. The van der Waals surface area contributed by atoms with E-state index in [1.807, 2.05) is 12.1 Å². The Balaban J connectivity index is 1.96. The molecule has 0 aliphatic rings. The molecule has 2 N–H and O–H groups in total. The lowest BCUT2D eigenvalue weighted by Gasteiger charge is -2.06. The van der Waals surface area contributed by atoms with Crippen LogP contribution in [0.2, 0.25) is 0 Å². The quantitative estimate of drug-likeness (QED) is 0.781. The smallest absolute Gasteiger partial charge is 0.248 e. The molecule has 3 aromatic rings. The lowest BCUT2D eigenvalue weighted by atomic mass is 10.1. The van der Waals surface area contributed by atoms with Gasteiger partial charge in [-0.15, -0.1) is 0 Å². The highest BCUT2D eigenvalue weighted by molar-refractivity contribution is 5.92. The molecule has 3 rings (SSSR count). The molecule has 0 aliphatic heterocycles. The van der Waals surface area contributed by atoms with Gasteiger partial charge in [0.1, 0.15) is 0 Å². The number of aromatic nitrogens is 1. The van der Waals surface area contributed by atoms with Gasteiger partial charge in [-0.05, 0) is 35.7 Å². The molecule has 2 aromatic carbocycles. The molecule has 3 nitrogen and oxygen atoms in total. The van der Waals surface area contributed by atoms with Crippen LogP contribution in [0, 0.1) is 0 Å².